The van der Waals surface area contributed by atoms with Gasteiger partial charge in [-0.3, -0.25) is 19.3 Å². The van der Waals surface area contributed by atoms with Gasteiger partial charge in [0.05, 0.1) is 0 Å². The summed E-state index contributed by atoms with van der Waals surface area (Å²) in [7, 11) is 0. The van der Waals surface area contributed by atoms with Crippen LogP contribution in [-0.2, 0) is 15.1 Å². The first-order valence-corrected chi connectivity index (χ1v) is 11.6. The van der Waals surface area contributed by atoms with Crippen LogP contribution in [0.3, 0.4) is 0 Å². The van der Waals surface area contributed by atoms with Crippen LogP contribution in [0.4, 0.5) is 10.5 Å². The number of benzene rings is 3. The van der Waals surface area contributed by atoms with Crippen LogP contribution in [-0.4, -0.2) is 53.2 Å². The number of amides is 5. The molecule has 0 spiro atoms. The third-order valence-corrected chi connectivity index (χ3v) is 6.37. The maximum Gasteiger partial charge on any atom is 0.325 e. The molecule has 8 nitrogen and oxygen atoms in total. The van der Waals surface area contributed by atoms with Crippen LogP contribution in [0.1, 0.15) is 36.7 Å². The number of nitrogens with zero attached hydrogens (tertiary/aromatic N) is 2. The summed E-state index contributed by atoms with van der Waals surface area (Å²) in [5, 5.41) is 7.27. The normalized spacial score (nSPS) is 17.4. The second kappa shape index (κ2) is 9.58. The fraction of sp³-hybridized carbons (Fsp3) is 0.259. The lowest BCUT2D eigenvalue weighted by molar-refractivity contribution is -0.133. The Balaban J connectivity index is 1.47. The maximum atomic E-state index is 13.3. The summed E-state index contributed by atoms with van der Waals surface area (Å²) in [6.45, 7) is 6.27. The van der Waals surface area contributed by atoms with Crippen LogP contribution in [0, 0.1) is 0 Å². The van der Waals surface area contributed by atoms with Crippen molar-refractivity contribution >= 4 is 40.2 Å². The third-order valence-electron chi connectivity index (χ3n) is 6.37. The van der Waals surface area contributed by atoms with E-state index in [1.165, 1.54) is 0 Å². The molecule has 1 fully saturated rings. The SMILES string of the molecule is CCN(CC)C(=O)c1ccc(NC(=O)CN2C(=O)NC(C)(c3cccc4ccccc34)C2=O)cc1. The van der Waals surface area contributed by atoms with Gasteiger partial charge < -0.3 is 15.5 Å². The molecule has 180 valence electrons. The van der Waals surface area contributed by atoms with E-state index in [1.807, 2.05) is 56.3 Å². The summed E-state index contributed by atoms with van der Waals surface area (Å²) in [5.74, 6) is -1.09. The van der Waals surface area contributed by atoms with Crippen LogP contribution in [0.5, 0.6) is 0 Å². The Morgan fingerprint density at radius 1 is 0.943 bits per heavy atom. The molecule has 5 amide bonds. The summed E-state index contributed by atoms with van der Waals surface area (Å²) in [6, 6.07) is 19.1. The van der Waals surface area contributed by atoms with Crippen molar-refractivity contribution in [2.45, 2.75) is 26.3 Å². The number of carbonyl (C=O) groups is 4. The fourth-order valence-electron chi connectivity index (χ4n) is 4.42. The Kier molecular flexibility index (Phi) is 6.55. The van der Waals surface area contributed by atoms with E-state index in [9.17, 15) is 19.2 Å². The zero-order chi connectivity index (χ0) is 25.2. The Morgan fingerprint density at radius 2 is 1.60 bits per heavy atom. The number of hydrogen-bond donors (Lipinski definition) is 2. The number of imide groups is 1. The van der Waals surface area contributed by atoms with E-state index in [0.717, 1.165) is 15.7 Å². The number of nitrogens with one attached hydrogen (secondary N) is 2. The summed E-state index contributed by atoms with van der Waals surface area (Å²) >= 11 is 0. The highest BCUT2D eigenvalue weighted by Gasteiger charge is 2.50. The van der Waals surface area contributed by atoms with Crippen molar-refractivity contribution in [1.29, 1.82) is 0 Å². The second-order valence-electron chi connectivity index (χ2n) is 8.58. The van der Waals surface area contributed by atoms with E-state index >= 15 is 0 Å². The molecular formula is C27H28N4O4. The van der Waals surface area contributed by atoms with Crippen molar-refractivity contribution in [3.05, 3.63) is 77.9 Å². The number of fused-ring (bicyclic) bond motifs is 1. The van der Waals surface area contributed by atoms with Crippen molar-refractivity contribution in [2.75, 3.05) is 25.0 Å². The van der Waals surface area contributed by atoms with E-state index in [0.29, 0.717) is 29.9 Å². The van der Waals surface area contributed by atoms with E-state index in [2.05, 4.69) is 10.6 Å². The summed E-state index contributed by atoms with van der Waals surface area (Å²) < 4.78 is 0. The highest BCUT2D eigenvalue weighted by Crippen LogP contribution is 2.33. The molecule has 0 aliphatic carbocycles. The number of rotatable bonds is 7. The van der Waals surface area contributed by atoms with Crippen molar-refractivity contribution in [2.24, 2.45) is 0 Å². The summed E-state index contributed by atoms with van der Waals surface area (Å²) in [4.78, 5) is 53.8. The van der Waals surface area contributed by atoms with Gasteiger partial charge in [0.25, 0.3) is 11.8 Å². The van der Waals surface area contributed by atoms with Gasteiger partial charge in [-0.25, -0.2) is 4.79 Å². The smallest absolute Gasteiger partial charge is 0.325 e. The topological polar surface area (TPSA) is 98.8 Å². The Morgan fingerprint density at radius 3 is 2.29 bits per heavy atom. The molecule has 1 atom stereocenters. The molecule has 35 heavy (non-hydrogen) atoms. The molecule has 0 bridgehead atoms. The monoisotopic (exact) mass is 472 g/mol. The molecule has 2 N–H and O–H groups in total. The molecule has 4 rings (SSSR count). The Bertz CT molecular complexity index is 1290. The minimum atomic E-state index is -1.29. The van der Waals surface area contributed by atoms with Crippen LogP contribution in [0.15, 0.2) is 66.7 Å². The van der Waals surface area contributed by atoms with E-state index in [4.69, 9.17) is 0 Å². The van der Waals surface area contributed by atoms with Gasteiger partial charge in [-0.05, 0) is 61.4 Å². The number of urea groups is 1. The molecule has 0 radical (unpaired) electrons. The van der Waals surface area contributed by atoms with Gasteiger partial charge in [0, 0.05) is 24.3 Å². The lowest BCUT2D eigenvalue weighted by Crippen LogP contribution is -2.42. The molecule has 8 heteroatoms. The first kappa shape index (κ1) is 23.9. The van der Waals surface area contributed by atoms with Gasteiger partial charge >= 0.3 is 6.03 Å². The predicted octanol–water partition coefficient (Wildman–Crippen LogP) is 3.73. The quantitative estimate of drug-likeness (QED) is 0.512. The van der Waals surface area contributed by atoms with Crippen LogP contribution in [0.25, 0.3) is 10.8 Å². The van der Waals surface area contributed by atoms with Crippen LogP contribution < -0.4 is 10.6 Å². The predicted molar refractivity (Wildman–Crippen MR) is 134 cm³/mol. The zero-order valence-corrected chi connectivity index (χ0v) is 20.0. The first-order chi connectivity index (χ1) is 16.8. The fourth-order valence-corrected chi connectivity index (χ4v) is 4.42. The van der Waals surface area contributed by atoms with Gasteiger partial charge in [-0.1, -0.05) is 42.5 Å². The zero-order valence-electron chi connectivity index (χ0n) is 20.0. The lowest BCUT2D eigenvalue weighted by Gasteiger charge is -2.24. The molecule has 0 saturated carbocycles. The third kappa shape index (κ3) is 4.47. The van der Waals surface area contributed by atoms with E-state index < -0.39 is 29.9 Å². The Labute approximate surface area is 203 Å². The van der Waals surface area contributed by atoms with Crippen molar-refractivity contribution in [3.63, 3.8) is 0 Å². The minimum Gasteiger partial charge on any atom is -0.339 e. The molecule has 1 aliphatic heterocycles. The molecule has 1 heterocycles. The second-order valence-corrected chi connectivity index (χ2v) is 8.58. The molecule has 1 saturated heterocycles. The highest BCUT2D eigenvalue weighted by molar-refractivity contribution is 6.11. The van der Waals surface area contributed by atoms with Crippen LogP contribution in [0.2, 0.25) is 0 Å². The highest BCUT2D eigenvalue weighted by atomic mass is 16.2. The minimum absolute atomic E-state index is 0.0834. The standard InChI is InChI=1S/C27H28N4O4/c1-4-30(5-2)24(33)19-13-15-20(16-14-19)28-23(32)17-31-25(34)27(3,29-26(31)35)22-12-8-10-18-9-6-7-11-21(18)22/h6-16H,4-5,17H2,1-3H3,(H,28,32)(H,29,35). The average molecular weight is 473 g/mol. The number of carbonyl (C=O) groups excluding carboxylic acids is 4. The van der Waals surface area contributed by atoms with Crippen LogP contribution >= 0.6 is 0 Å². The number of hydrogen-bond acceptors (Lipinski definition) is 4. The van der Waals surface area contributed by atoms with Gasteiger partial charge in [-0.15, -0.1) is 0 Å². The average Bonchev–Trinajstić information content (AvgIpc) is 3.08. The molecule has 3 aromatic carbocycles. The number of anilines is 1. The van der Waals surface area contributed by atoms with Crippen molar-refractivity contribution in [1.82, 2.24) is 15.1 Å². The maximum absolute atomic E-state index is 13.3. The molecule has 3 aromatic rings. The van der Waals surface area contributed by atoms with Crippen molar-refractivity contribution in [3.8, 4) is 0 Å². The summed E-state index contributed by atoms with van der Waals surface area (Å²) in [5.41, 5.74) is 0.372. The first-order valence-electron chi connectivity index (χ1n) is 11.6. The largest absolute Gasteiger partial charge is 0.339 e. The Hall–Kier alpha value is -4.20. The van der Waals surface area contributed by atoms with E-state index in [-0.39, 0.29) is 5.91 Å². The van der Waals surface area contributed by atoms with Gasteiger partial charge in [0.2, 0.25) is 5.91 Å². The van der Waals surface area contributed by atoms with Crippen molar-refractivity contribution < 1.29 is 19.2 Å². The lowest BCUT2D eigenvalue weighted by atomic mass is 9.88. The van der Waals surface area contributed by atoms with Gasteiger partial charge in [-0.2, -0.15) is 0 Å². The van der Waals surface area contributed by atoms with Gasteiger partial charge in [0.1, 0.15) is 12.1 Å². The molecular weight excluding hydrogens is 444 g/mol. The molecule has 0 aromatic heterocycles. The summed E-state index contributed by atoms with van der Waals surface area (Å²) in [6.07, 6.45) is 0. The molecule has 1 aliphatic rings. The van der Waals surface area contributed by atoms with E-state index in [1.54, 1.807) is 36.1 Å². The molecule has 1 unspecified atom stereocenters. The van der Waals surface area contributed by atoms with Gasteiger partial charge in [0.15, 0.2) is 0 Å².